The number of hydrogen-bond donors (Lipinski definition) is 0. The summed E-state index contributed by atoms with van der Waals surface area (Å²) in [5.74, 6) is 0. The Balaban J connectivity index is 2.08. The third-order valence-corrected chi connectivity index (χ3v) is 2.00. The first-order valence-electron chi connectivity index (χ1n) is 1.72. The van der Waals surface area contributed by atoms with Gasteiger partial charge in [-0.3, -0.25) is 0 Å². The normalized spacial score (nSPS) is 36.6. The van der Waals surface area contributed by atoms with Crippen LogP contribution in [0, 0.1) is 0 Å². The predicted octanol–water partition coefficient (Wildman–Crippen LogP) is -0.0987. The van der Waals surface area contributed by atoms with Gasteiger partial charge in [0.25, 0.3) is 0 Å². The van der Waals surface area contributed by atoms with Crippen molar-refractivity contribution in [3.63, 3.8) is 0 Å². The van der Waals surface area contributed by atoms with Crippen LogP contribution in [0.1, 0.15) is 6.42 Å². The molecule has 0 bridgehead atoms. The first kappa shape index (κ1) is 3.93. The Morgan fingerprint density at radius 3 is 2.20 bits per heavy atom. The van der Waals surface area contributed by atoms with Crippen LogP contribution in [0.2, 0.25) is 0 Å². The Morgan fingerprint density at radius 1 is 1.80 bits per heavy atom. The Hall–Kier alpha value is 0.759. The van der Waals surface area contributed by atoms with Crippen LogP contribution in [0.15, 0.2) is 0 Å². The van der Waals surface area contributed by atoms with Crippen LogP contribution in [0.5, 0.6) is 0 Å². The maximum atomic E-state index is 4.97. The molecule has 1 saturated heterocycles. The summed E-state index contributed by atoms with van der Waals surface area (Å²) >= 11 is 1.53. The molecule has 0 saturated carbocycles. The molecule has 1 aliphatic heterocycles. The van der Waals surface area contributed by atoms with E-state index in [2.05, 4.69) is 0 Å². The van der Waals surface area contributed by atoms with Gasteiger partial charge in [0.15, 0.2) is 0 Å². The third-order valence-electron chi connectivity index (χ3n) is 0.699. The molecule has 0 aromatic heterocycles. The average Bonchev–Trinajstić information content (AvgIpc) is 1.30. The molecule has 0 aliphatic carbocycles. The minimum atomic E-state index is 0.655. The van der Waals surface area contributed by atoms with Crippen LogP contribution >= 0.6 is 0 Å². The van der Waals surface area contributed by atoms with Crippen molar-refractivity contribution < 1.29 is 4.74 Å². The molecular weight excluding hydrogens is 171 g/mol. The van der Waals surface area contributed by atoms with Crippen molar-refractivity contribution in [3.05, 3.63) is 0 Å². The molecule has 0 aromatic rings. The SMILES string of the molecule is [Sn][CH]1CCO1. The van der Waals surface area contributed by atoms with Crippen molar-refractivity contribution in [1.82, 2.24) is 0 Å². The molecule has 0 aromatic carbocycles. The zero-order valence-electron chi connectivity index (χ0n) is 2.90. The molecular formula is C3H5OSn. The van der Waals surface area contributed by atoms with Crippen LogP contribution < -0.4 is 0 Å². The summed E-state index contributed by atoms with van der Waals surface area (Å²) in [5.41, 5.74) is 0. The molecule has 1 fully saturated rings. The van der Waals surface area contributed by atoms with Crippen LogP contribution in [-0.4, -0.2) is 33.3 Å². The standard InChI is InChI=1S/C3H5O.Sn/c1-2-4-3-1;/h2H,1,3H2;. The average molecular weight is 176 g/mol. The predicted molar refractivity (Wildman–Crippen MR) is 20.1 cm³/mol. The molecule has 0 amide bonds. The monoisotopic (exact) mass is 177 g/mol. The molecule has 0 spiro atoms. The summed E-state index contributed by atoms with van der Waals surface area (Å²) in [6.45, 7) is 1.01. The molecule has 1 rings (SSSR count). The Bertz CT molecular complexity index is 33.9. The summed E-state index contributed by atoms with van der Waals surface area (Å²) in [6.07, 6.45) is 1.30. The molecule has 0 N–H and O–H groups in total. The van der Waals surface area contributed by atoms with E-state index in [4.69, 9.17) is 4.74 Å². The van der Waals surface area contributed by atoms with Gasteiger partial charge in [0.2, 0.25) is 0 Å². The van der Waals surface area contributed by atoms with E-state index < -0.39 is 0 Å². The third kappa shape index (κ3) is 0.793. The summed E-state index contributed by atoms with van der Waals surface area (Å²) < 4.78 is 5.63. The molecule has 27 valence electrons. The van der Waals surface area contributed by atoms with Crippen molar-refractivity contribution in [2.75, 3.05) is 6.61 Å². The molecule has 1 aliphatic rings. The fourth-order valence-corrected chi connectivity index (χ4v) is 0.908. The number of hydrogen-bond acceptors (Lipinski definition) is 1. The van der Waals surface area contributed by atoms with Crippen molar-refractivity contribution in [2.45, 2.75) is 10.5 Å². The summed E-state index contributed by atoms with van der Waals surface area (Å²) in [7, 11) is 0. The van der Waals surface area contributed by atoms with Crippen LogP contribution in [-0.2, 0) is 4.74 Å². The zero-order valence-corrected chi connectivity index (χ0v) is 5.75. The summed E-state index contributed by atoms with van der Waals surface area (Å²) in [4.78, 5) is 0. The van der Waals surface area contributed by atoms with E-state index in [9.17, 15) is 0 Å². The number of rotatable bonds is 0. The van der Waals surface area contributed by atoms with Crippen molar-refractivity contribution >= 4 is 22.5 Å². The quantitative estimate of drug-likeness (QED) is 0.468. The van der Waals surface area contributed by atoms with Crippen molar-refractivity contribution in [3.8, 4) is 0 Å². The van der Waals surface area contributed by atoms with Crippen LogP contribution in [0.25, 0.3) is 0 Å². The first-order chi connectivity index (χ1) is 2.39. The van der Waals surface area contributed by atoms with Gasteiger partial charge in [-0.05, 0) is 0 Å². The van der Waals surface area contributed by atoms with Crippen LogP contribution in [0.4, 0.5) is 0 Å². The van der Waals surface area contributed by atoms with E-state index >= 15 is 0 Å². The molecule has 3 radical (unpaired) electrons. The van der Waals surface area contributed by atoms with Gasteiger partial charge in [0.1, 0.15) is 0 Å². The minimum absolute atomic E-state index is 0.655. The second-order valence-corrected chi connectivity index (χ2v) is 2.99. The van der Waals surface area contributed by atoms with Gasteiger partial charge in [-0.1, -0.05) is 0 Å². The first-order valence-corrected chi connectivity index (χ1v) is 3.37. The maximum absolute atomic E-state index is 4.97. The van der Waals surface area contributed by atoms with Gasteiger partial charge < -0.3 is 0 Å². The van der Waals surface area contributed by atoms with E-state index in [1.54, 1.807) is 0 Å². The van der Waals surface area contributed by atoms with E-state index in [-0.39, 0.29) is 0 Å². The molecule has 1 nitrogen and oxygen atoms in total. The van der Waals surface area contributed by atoms with Gasteiger partial charge in [-0.15, -0.1) is 0 Å². The van der Waals surface area contributed by atoms with Gasteiger partial charge in [0, 0.05) is 0 Å². The summed E-state index contributed by atoms with van der Waals surface area (Å²) in [6, 6.07) is 0. The number of ether oxygens (including phenoxy) is 1. The molecule has 1 heterocycles. The van der Waals surface area contributed by atoms with Crippen LogP contribution in [0.3, 0.4) is 0 Å². The van der Waals surface area contributed by atoms with Crippen molar-refractivity contribution in [1.29, 1.82) is 0 Å². The Morgan fingerprint density at radius 2 is 2.20 bits per heavy atom. The van der Waals surface area contributed by atoms with Gasteiger partial charge in [0.05, 0.1) is 0 Å². The molecule has 2 heteroatoms. The van der Waals surface area contributed by atoms with Gasteiger partial charge in [-0.2, -0.15) is 0 Å². The van der Waals surface area contributed by atoms with Gasteiger partial charge >= 0.3 is 44.4 Å². The van der Waals surface area contributed by atoms with Gasteiger partial charge in [-0.25, -0.2) is 0 Å². The second kappa shape index (κ2) is 1.47. The van der Waals surface area contributed by atoms with E-state index in [0.29, 0.717) is 4.12 Å². The topological polar surface area (TPSA) is 9.23 Å². The molecule has 5 heavy (non-hydrogen) atoms. The van der Waals surface area contributed by atoms with E-state index in [0.717, 1.165) is 6.61 Å². The van der Waals surface area contributed by atoms with E-state index in [1.807, 2.05) is 0 Å². The Labute approximate surface area is 44.8 Å². The fraction of sp³-hybridized carbons (Fsp3) is 1.00. The Kier molecular flexibility index (Phi) is 1.16. The fourth-order valence-electron chi connectivity index (χ4n) is 0.236. The second-order valence-electron chi connectivity index (χ2n) is 1.15. The molecule has 1 unspecified atom stereocenters. The molecule has 1 atom stereocenters. The van der Waals surface area contributed by atoms with E-state index in [1.165, 1.54) is 28.9 Å². The summed E-state index contributed by atoms with van der Waals surface area (Å²) in [5, 5.41) is 0. The zero-order chi connectivity index (χ0) is 3.70. The van der Waals surface area contributed by atoms with Crippen molar-refractivity contribution in [2.24, 2.45) is 0 Å².